The van der Waals surface area contributed by atoms with Crippen molar-refractivity contribution in [3.8, 4) is 0 Å². The number of benzene rings is 1. The number of rotatable bonds is 9. The van der Waals surface area contributed by atoms with Gasteiger partial charge in [-0.25, -0.2) is 13.1 Å². The van der Waals surface area contributed by atoms with Crippen molar-refractivity contribution in [2.75, 3.05) is 12.4 Å². The highest BCUT2D eigenvalue weighted by Gasteiger charge is 2.21. The molecule has 0 aliphatic heterocycles. The van der Waals surface area contributed by atoms with E-state index < -0.39 is 29.0 Å². The van der Waals surface area contributed by atoms with Gasteiger partial charge in [0.25, 0.3) is 5.91 Å². The number of nitrogens with one attached hydrogen (secondary N) is 1. The van der Waals surface area contributed by atoms with Crippen LogP contribution in [0.2, 0.25) is 0 Å². The van der Waals surface area contributed by atoms with E-state index in [9.17, 15) is 28.1 Å². The number of esters is 1. The van der Waals surface area contributed by atoms with Gasteiger partial charge in [-0.15, -0.1) is 0 Å². The van der Waals surface area contributed by atoms with Gasteiger partial charge in [0.05, 0.1) is 12.4 Å². The third kappa shape index (κ3) is 7.55. The summed E-state index contributed by atoms with van der Waals surface area (Å²) in [4.78, 5) is 23.0. The summed E-state index contributed by atoms with van der Waals surface area (Å²) in [6.07, 6.45) is 0.534. The number of amides is 1. The molecule has 0 atom stereocenters. The van der Waals surface area contributed by atoms with Gasteiger partial charge in [0.15, 0.2) is 0 Å². The third-order valence-corrected chi connectivity index (χ3v) is 4.73. The van der Waals surface area contributed by atoms with Gasteiger partial charge in [-0.3, -0.25) is 9.59 Å². The Hall–Kier alpha value is -1.91. The number of sulfonamides is 1. The fourth-order valence-electron chi connectivity index (χ4n) is 2.32. The van der Waals surface area contributed by atoms with E-state index in [1.165, 1.54) is 25.1 Å². The molecule has 0 fully saturated rings. The standard InChI is InChI=1S/C16H24BNO7S/c1-11(2)9-13-10-14(17(21)22)5-6-15(13)16(20)18-26(23,24)8-4-7-25-12(3)19/h5-6,10-11,21-22H,4,7-9H2,1-3H3,(H,18,20). The van der Waals surface area contributed by atoms with Crippen LogP contribution in [0.4, 0.5) is 0 Å². The predicted octanol–water partition coefficient (Wildman–Crippen LogP) is -0.422. The average molecular weight is 385 g/mol. The zero-order chi connectivity index (χ0) is 19.9. The van der Waals surface area contributed by atoms with Gasteiger partial charge >= 0.3 is 13.1 Å². The first-order valence-corrected chi connectivity index (χ1v) is 9.84. The van der Waals surface area contributed by atoms with Crippen molar-refractivity contribution in [3.63, 3.8) is 0 Å². The van der Waals surface area contributed by atoms with Crippen molar-refractivity contribution in [1.82, 2.24) is 4.72 Å². The molecule has 10 heteroatoms. The van der Waals surface area contributed by atoms with E-state index in [-0.39, 0.29) is 35.7 Å². The highest BCUT2D eigenvalue weighted by molar-refractivity contribution is 7.90. The number of hydrogen-bond acceptors (Lipinski definition) is 7. The first kappa shape index (κ1) is 22.1. The summed E-state index contributed by atoms with van der Waals surface area (Å²) in [6.45, 7) is 5.02. The number of ether oxygens (including phenoxy) is 1. The van der Waals surface area contributed by atoms with Gasteiger partial charge in [0.2, 0.25) is 10.0 Å². The molecular formula is C16H24BNO7S. The van der Waals surface area contributed by atoms with Gasteiger partial charge in [-0.05, 0) is 35.9 Å². The van der Waals surface area contributed by atoms with E-state index in [1.807, 2.05) is 18.6 Å². The van der Waals surface area contributed by atoms with Gasteiger partial charge in [0.1, 0.15) is 0 Å². The van der Waals surface area contributed by atoms with Gasteiger partial charge in [-0.1, -0.05) is 26.0 Å². The van der Waals surface area contributed by atoms with Gasteiger partial charge in [0, 0.05) is 12.5 Å². The normalized spacial score (nSPS) is 11.3. The Morgan fingerprint density at radius 1 is 1.27 bits per heavy atom. The van der Waals surface area contributed by atoms with Crippen molar-refractivity contribution in [2.45, 2.75) is 33.6 Å². The Balaban J connectivity index is 2.89. The lowest BCUT2D eigenvalue weighted by Crippen LogP contribution is -2.35. The second kappa shape index (κ2) is 9.70. The first-order chi connectivity index (χ1) is 12.0. The summed E-state index contributed by atoms with van der Waals surface area (Å²) >= 11 is 0. The molecule has 144 valence electrons. The van der Waals surface area contributed by atoms with Crippen LogP contribution in [0, 0.1) is 5.92 Å². The Morgan fingerprint density at radius 3 is 2.46 bits per heavy atom. The Bertz CT molecular complexity index is 747. The summed E-state index contributed by atoms with van der Waals surface area (Å²) in [5, 5.41) is 18.6. The van der Waals surface area contributed by atoms with Crippen LogP contribution >= 0.6 is 0 Å². The minimum atomic E-state index is -3.89. The quantitative estimate of drug-likeness (QED) is 0.299. The van der Waals surface area contributed by atoms with Crippen molar-refractivity contribution in [1.29, 1.82) is 0 Å². The minimum Gasteiger partial charge on any atom is -0.466 e. The molecule has 0 aliphatic carbocycles. The van der Waals surface area contributed by atoms with Crippen LogP contribution in [0.1, 0.15) is 43.1 Å². The van der Waals surface area contributed by atoms with Gasteiger partial charge in [-0.2, -0.15) is 0 Å². The number of carbonyl (C=O) groups excluding carboxylic acids is 2. The monoisotopic (exact) mass is 385 g/mol. The average Bonchev–Trinajstić information content (AvgIpc) is 2.50. The second-order valence-corrected chi connectivity index (χ2v) is 8.17. The van der Waals surface area contributed by atoms with Gasteiger partial charge < -0.3 is 14.8 Å². The lowest BCUT2D eigenvalue weighted by Gasteiger charge is -2.14. The Morgan fingerprint density at radius 2 is 1.92 bits per heavy atom. The molecule has 0 spiro atoms. The zero-order valence-corrected chi connectivity index (χ0v) is 15.9. The van der Waals surface area contributed by atoms with Crippen LogP contribution in [-0.4, -0.2) is 49.8 Å². The van der Waals surface area contributed by atoms with E-state index in [1.54, 1.807) is 0 Å². The van der Waals surface area contributed by atoms with E-state index >= 15 is 0 Å². The molecule has 0 saturated heterocycles. The molecule has 0 aromatic heterocycles. The van der Waals surface area contributed by atoms with E-state index in [0.29, 0.717) is 12.0 Å². The van der Waals surface area contributed by atoms with Crippen LogP contribution < -0.4 is 10.2 Å². The SMILES string of the molecule is CC(=O)OCCCS(=O)(=O)NC(=O)c1ccc(B(O)O)cc1CC(C)C. The molecule has 1 rings (SSSR count). The first-order valence-electron chi connectivity index (χ1n) is 8.19. The van der Waals surface area contributed by atoms with Crippen molar-refractivity contribution < 1.29 is 32.8 Å². The summed E-state index contributed by atoms with van der Waals surface area (Å²) in [7, 11) is -5.57. The largest absolute Gasteiger partial charge is 0.488 e. The molecule has 0 bridgehead atoms. The maximum atomic E-state index is 12.4. The molecule has 0 heterocycles. The zero-order valence-electron chi connectivity index (χ0n) is 15.1. The van der Waals surface area contributed by atoms with Crippen LogP contribution in [0.25, 0.3) is 0 Å². The van der Waals surface area contributed by atoms with Crippen molar-refractivity contribution in [3.05, 3.63) is 29.3 Å². The summed E-state index contributed by atoms with van der Waals surface area (Å²) in [5.74, 6) is -1.48. The fourth-order valence-corrected chi connectivity index (χ4v) is 3.31. The Kier molecular flexibility index (Phi) is 8.26. The summed E-state index contributed by atoms with van der Waals surface area (Å²) < 4.78 is 30.7. The highest BCUT2D eigenvalue weighted by Crippen LogP contribution is 2.14. The number of hydrogen-bond donors (Lipinski definition) is 3. The molecule has 0 aliphatic rings. The molecule has 8 nitrogen and oxygen atoms in total. The van der Waals surface area contributed by atoms with Crippen LogP contribution in [0.3, 0.4) is 0 Å². The maximum absolute atomic E-state index is 12.4. The molecule has 26 heavy (non-hydrogen) atoms. The predicted molar refractivity (Wildman–Crippen MR) is 97.3 cm³/mol. The molecule has 1 amide bonds. The molecule has 0 unspecified atom stereocenters. The molecule has 3 N–H and O–H groups in total. The van der Waals surface area contributed by atoms with Crippen LogP contribution in [0.5, 0.6) is 0 Å². The topological polar surface area (TPSA) is 130 Å². The summed E-state index contributed by atoms with van der Waals surface area (Å²) in [6, 6.07) is 4.21. The van der Waals surface area contributed by atoms with E-state index in [0.717, 1.165) is 0 Å². The van der Waals surface area contributed by atoms with Crippen molar-refractivity contribution >= 4 is 34.5 Å². The third-order valence-electron chi connectivity index (χ3n) is 3.41. The van der Waals surface area contributed by atoms with E-state index in [4.69, 9.17) is 0 Å². The lowest BCUT2D eigenvalue weighted by atomic mass is 9.78. The number of carbonyl (C=O) groups is 2. The van der Waals surface area contributed by atoms with E-state index in [2.05, 4.69) is 4.74 Å². The molecule has 1 aromatic rings. The lowest BCUT2D eigenvalue weighted by molar-refractivity contribution is -0.140. The molecule has 0 saturated carbocycles. The van der Waals surface area contributed by atoms with Crippen LogP contribution in [0.15, 0.2) is 18.2 Å². The smallest absolute Gasteiger partial charge is 0.466 e. The second-order valence-electron chi connectivity index (χ2n) is 6.33. The molecule has 1 aromatic carbocycles. The fraction of sp³-hybridized carbons (Fsp3) is 0.500. The van der Waals surface area contributed by atoms with Crippen LogP contribution in [-0.2, 0) is 26.0 Å². The molecular weight excluding hydrogens is 361 g/mol. The summed E-state index contributed by atoms with van der Waals surface area (Å²) in [5.41, 5.74) is 0.909. The molecule has 0 radical (unpaired) electrons. The Labute approximate surface area is 153 Å². The minimum absolute atomic E-state index is 0.0495. The van der Waals surface area contributed by atoms with Crippen molar-refractivity contribution in [2.24, 2.45) is 5.92 Å². The maximum Gasteiger partial charge on any atom is 0.488 e. The highest BCUT2D eigenvalue weighted by atomic mass is 32.2.